The van der Waals surface area contributed by atoms with E-state index in [0.29, 0.717) is 13.2 Å². The maximum absolute atomic E-state index is 5.38. The highest BCUT2D eigenvalue weighted by Crippen LogP contribution is 2.32. The first-order valence-electron chi connectivity index (χ1n) is 6.33. The van der Waals surface area contributed by atoms with Crippen molar-refractivity contribution < 1.29 is 9.47 Å². The Bertz CT molecular complexity index is 615. The van der Waals surface area contributed by atoms with Crippen molar-refractivity contribution in [2.45, 2.75) is 27.2 Å². The fraction of sp³-hybridized carbons (Fsp3) is 0.333. The van der Waals surface area contributed by atoms with Gasteiger partial charge in [0.05, 0.1) is 0 Å². The summed E-state index contributed by atoms with van der Waals surface area (Å²) < 4.78 is 10.7. The molecule has 0 saturated carbocycles. The van der Waals surface area contributed by atoms with Gasteiger partial charge in [-0.2, -0.15) is 0 Å². The summed E-state index contributed by atoms with van der Waals surface area (Å²) in [5, 5.41) is 0. The average molecular weight is 256 g/mol. The van der Waals surface area contributed by atoms with Crippen LogP contribution in [0.2, 0.25) is 0 Å². The Morgan fingerprint density at radius 3 is 2.42 bits per heavy atom. The van der Waals surface area contributed by atoms with E-state index in [0.717, 1.165) is 39.8 Å². The molecule has 0 amide bonds. The maximum Gasteiger partial charge on any atom is 0.231 e. The summed E-state index contributed by atoms with van der Waals surface area (Å²) in [7, 11) is 0. The molecule has 3 rings (SSSR count). The fourth-order valence-corrected chi connectivity index (χ4v) is 2.15. The predicted molar refractivity (Wildman–Crippen MR) is 71.6 cm³/mol. The zero-order chi connectivity index (χ0) is 13.4. The van der Waals surface area contributed by atoms with Gasteiger partial charge in [0.15, 0.2) is 11.5 Å². The molecule has 1 aromatic heterocycles. The number of ether oxygens (including phenoxy) is 2. The van der Waals surface area contributed by atoms with Crippen LogP contribution in [0, 0.1) is 20.8 Å². The minimum absolute atomic E-state index is 0.304. The number of aromatic nitrogens is 2. The normalized spacial score (nSPS) is 12.8. The molecule has 1 aliphatic rings. The van der Waals surface area contributed by atoms with Crippen LogP contribution in [0.25, 0.3) is 0 Å². The van der Waals surface area contributed by atoms with Gasteiger partial charge in [0.25, 0.3) is 0 Å². The number of hydrogen-bond donors (Lipinski definition) is 0. The zero-order valence-electron chi connectivity index (χ0n) is 11.4. The summed E-state index contributed by atoms with van der Waals surface area (Å²) in [4.78, 5) is 9.08. The highest BCUT2D eigenvalue weighted by molar-refractivity contribution is 5.45. The van der Waals surface area contributed by atoms with Gasteiger partial charge in [-0.25, -0.2) is 9.97 Å². The topological polar surface area (TPSA) is 44.2 Å². The zero-order valence-corrected chi connectivity index (χ0v) is 11.4. The second kappa shape index (κ2) is 4.53. The molecule has 0 fully saturated rings. The predicted octanol–water partition coefficient (Wildman–Crippen LogP) is 2.72. The van der Waals surface area contributed by atoms with Gasteiger partial charge in [-0.3, -0.25) is 0 Å². The molecule has 0 saturated heterocycles. The van der Waals surface area contributed by atoms with Gasteiger partial charge >= 0.3 is 0 Å². The van der Waals surface area contributed by atoms with Gasteiger partial charge in [0, 0.05) is 17.8 Å². The number of hydrogen-bond acceptors (Lipinski definition) is 4. The van der Waals surface area contributed by atoms with Crippen LogP contribution in [0.4, 0.5) is 0 Å². The molecule has 1 aliphatic heterocycles. The fourth-order valence-electron chi connectivity index (χ4n) is 2.15. The van der Waals surface area contributed by atoms with Gasteiger partial charge in [0.2, 0.25) is 6.79 Å². The van der Waals surface area contributed by atoms with Gasteiger partial charge in [0.1, 0.15) is 5.82 Å². The first kappa shape index (κ1) is 12.0. The van der Waals surface area contributed by atoms with Crippen molar-refractivity contribution >= 4 is 0 Å². The minimum Gasteiger partial charge on any atom is -0.454 e. The van der Waals surface area contributed by atoms with E-state index in [1.54, 1.807) is 0 Å². The third kappa shape index (κ3) is 2.26. The Morgan fingerprint density at radius 1 is 1.00 bits per heavy atom. The molecule has 19 heavy (non-hydrogen) atoms. The lowest BCUT2D eigenvalue weighted by Gasteiger charge is -2.07. The Balaban J connectivity index is 1.89. The second-order valence-electron chi connectivity index (χ2n) is 4.80. The summed E-state index contributed by atoms with van der Waals surface area (Å²) in [6, 6.07) is 5.96. The van der Waals surface area contributed by atoms with Crippen LogP contribution in [0.1, 0.15) is 28.3 Å². The molecule has 2 aromatic rings. The highest BCUT2D eigenvalue weighted by atomic mass is 16.7. The van der Waals surface area contributed by atoms with E-state index in [9.17, 15) is 0 Å². The summed E-state index contributed by atoms with van der Waals surface area (Å²) in [6.45, 7) is 6.40. The lowest BCUT2D eigenvalue weighted by atomic mass is 10.1. The van der Waals surface area contributed by atoms with Crippen molar-refractivity contribution in [3.8, 4) is 11.5 Å². The van der Waals surface area contributed by atoms with E-state index in [-0.39, 0.29) is 0 Å². The summed E-state index contributed by atoms with van der Waals surface area (Å²) in [5.41, 5.74) is 4.38. The Hall–Kier alpha value is -2.10. The summed E-state index contributed by atoms with van der Waals surface area (Å²) >= 11 is 0. The molecular formula is C15H16N2O2. The third-order valence-electron chi connectivity index (χ3n) is 3.48. The molecule has 2 heterocycles. The van der Waals surface area contributed by atoms with Gasteiger partial charge in [-0.15, -0.1) is 0 Å². The maximum atomic E-state index is 5.38. The molecule has 4 heteroatoms. The van der Waals surface area contributed by atoms with Crippen LogP contribution in [0.5, 0.6) is 11.5 Å². The molecule has 98 valence electrons. The first-order chi connectivity index (χ1) is 9.13. The monoisotopic (exact) mass is 256 g/mol. The molecule has 0 bridgehead atoms. The van der Waals surface area contributed by atoms with E-state index >= 15 is 0 Å². The van der Waals surface area contributed by atoms with E-state index in [4.69, 9.17) is 9.47 Å². The largest absolute Gasteiger partial charge is 0.454 e. The van der Waals surface area contributed by atoms with Crippen LogP contribution in [-0.4, -0.2) is 16.8 Å². The second-order valence-corrected chi connectivity index (χ2v) is 4.80. The SMILES string of the molecule is Cc1nc(Cc2ccc3c(c2)OCO3)nc(C)c1C. The summed E-state index contributed by atoms with van der Waals surface area (Å²) in [5.74, 6) is 2.46. The number of benzene rings is 1. The standard InChI is InChI=1S/C15H16N2O2/c1-9-10(2)16-15(17-11(9)3)7-12-4-5-13-14(6-12)19-8-18-13/h4-6H,7-8H2,1-3H3. The van der Waals surface area contributed by atoms with Crippen molar-refractivity contribution in [2.24, 2.45) is 0 Å². The van der Waals surface area contributed by atoms with E-state index in [1.807, 2.05) is 32.0 Å². The van der Waals surface area contributed by atoms with Crippen LogP contribution in [0.3, 0.4) is 0 Å². The number of nitrogens with zero attached hydrogens (tertiary/aromatic N) is 2. The van der Waals surface area contributed by atoms with Crippen LogP contribution < -0.4 is 9.47 Å². The molecule has 0 unspecified atom stereocenters. The lowest BCUT2D eigenvalue weighted by Crippen LogP contribution is -2.03. The van der Waals surface area contributed by atoms with E-state index in [2.05, 4.69) is 16.9 Å². The molecular weight excluding hydrogens is 240 g/mol. The van der Waals surface area contributed by atoms with Crippen molar-refractivity contribution in [3.05, 3.63) is 46.5 Å². The van der Waals surface area contributed by atoms with Gasteiger partial charge in [-0.05, 0) is 44.0 Å². The first-order valence-corrected chi connectivity index (χ1v) is 6.33. The van der Waals surface area contributed by atoms with Crippen LogP contribution in [-0.2, 0) is 6.42 Å². The molecule has 0 N–H and O–H groups in total. The summed E-state index contributed by atoms with van der Waals surface area (Å²) in [6.07, 6.45) is 0.707. The number of fused-ring (bicyclic) bond motifs is 1. The molecule has 0 aliphatic carbocycles. The molecule has 0 radical (unpaired) electrons. The number of rotatable bonds is 2. The minimum atomic E-state index is 0.304. The van der Waals surface area contributed by atoms with Gasteiger partial charge < -0.3 is 9.47 Å². The molecule has 0 atom stereocenters. The molecule has 4 nitrogen and oxygen atoms in total. The molecule has 0 spiro atoms. The molecule has 1 aromatic carbocycles. The Kier molecular flexibility index (Phi) is 2.85. The Labute approximate surface area is 112 Å². The van der Waals surface area contributed by atoms with Crippen LogP contribution >= 0.6 is 0 Å². The lowest BCUT2D eigenvalue weighted by molar-refractivity contribution is 0.174. The Morgan fingerprint density at radius 2 is 1.68 bits per heavy atom. The van der Waals surface area contributed by atoms with E-state index < -0.39 is 0 Å². The van der Waals surface area contributed by atoms with Gasteiger partial charge in [-0.1, -0.05) is 6.07 Å². The van der Waals surface area contributed by atoms with Crippen molar-refractivity contribution in [1.29, 1.82) is 0 Å². The average Bonchev–Trinajstić information content (AvgIpc) is 2.83. The smallest absolute Gasteiger partial charge is 0.231 e. The quantitative estimate of drug-likeness (QED) is 0.828. The van der Waals surface area contributed by atoms with Crippen molar-refractivity contribution in [2.75, 3.05) is 6.79 Å². The van der Waals surface area contributed by atoms with Crippen molar-refractivity contribution in [3.63, 3.8) is 0 Å². The van der Waals surface area contributed by atoms with E-state index in [1.165, 1.54) is 0 Å². The number of aryl methyl sites for hydroxylation is 2. The van der Waals surface area contributed by atoms with Crippen molar-refractivity contribution in [1.82, 2.24) is 9.97 Å². The van der Waals surface area contributed by atoms with Crippen LogP contribution in [0.15, 0.2) is 18.2 Å². The highest BCUT2D eigenvalue weighted by Gasteiger charge is 2.14. The third-order valence-corrected chi connectivity index (χ3v) is 3.48.